The van der Waals surface area contributed by atoms with Crippen molar-refractivity contribution < 1.29 is 19.1 Å². The molecule has 2 amide bonds. The number of urea groups is 1. The van der Waals surface area contributed by atoms with Crippen molar-refractivity contribution in [1.82, 2.24) is 4.90 Å². The number of Topliss-reactive ketones (excluding diaryl/α,β-unsaturated/α-hetero) is 1. The number of nitrogens with one attached hydrogen (secondary N) is 1. The molecule has 110 valence electrons. The number of benzene rings is 1. The van der Waals surface area contributed by atoms with Gasteiger partial charge in [0.25, 0.3) is 0 Å². The Hall–Kier alpha value is -1.47. The fourth-order valence-electron chi connectivity index (χ4n) is 1.66. The van der Waals surface area contributed by atoms with E-state index in [0.717, 1.165) is 6.07 Å². The van der Waals surface area contributed by atoms with Gasteiger partial charge in [-0.15, -0.1) is 0 Å². The van der Waals surface area contributed by atoms with Gasteiger partial charge in [0.05, 0.1) is 11.3 Å². The first-order valence-electron chi connectivity index (χ1n) is 5.98. The van der Waals surface area contributed by atoms with Gasteiger partial charge < -0.3 is 15.3 Å². The molecule has 0 bridgehead atoms. The number of hydrogen-bond donors (Lipinski definition) is 2. The summed E-state index contributed by atoms with van der Waals surface area (Å²) in [5.41, 5.74) is 0.368. The number of aliphatic hydroxyl groups is 1. The highest BCUT2D eigenvalue weighted by Crippen LogP contribution is 2.31. The summed E-state index contributed by atoms with van der Waals surface area (Å²) >= 11 is 3.16. The summed E-state index contributed by atoms with van der Waals surface area (Å²) in [4.78, 5) is 24.8. The van der Waals surface area contributed by atoms with E-state index >= 15 is 0 Å². The number of rotatable bonds is 4. The van der Waals surface area contributed by atoms with Crippen molar-refractivity contribution in [3.8, 4) is 0 Å². The Morgan fingerprint density at radius 1 is 1.50 bits per heavy atom. The number of halogens is 2. The first kappa shape index (κ1) is 16.6. The zero-order valence-electron chi connectivity index (χ0n) is 11.5. The lowest BCUT2D eigenvalue weighted by molar-refractivity contribution is 0.0899. The molecular weight excluding hydrogens is 331 g/mol. The van der Waals surface area contributed by atoms with Crippen LogP contribution in [0.25, 0.3) is 0 Å². The van der Waals surface area contributed by atoms with Gasteiger partial charge in [-0.2, -0.15) is 0 Å². The fourth-order valence-corrected chi connectivity index (χ4v) is 2.26. The quantitative estimate of drug-likeness (QED) is 0.823. The first-order chi connectivity index (χ1) is 9.33. The van der Waals surface area contributed by atoms with Crippen molar-refractivity contribution in [2.24, 2.45) is 0 Å². The van der Waals surface area contributed by atoms with Gasteiger partial charge in [0.2, 0.25) is 0 Å². The van der Waals surface area contributed by atoms with E-state index < -0.39 is 18.2 Å². The van der Waals surface area contributed by atoms with Gasteiger partial charge in [0, 0.05) is 18.1 Å². The standard InChI is InChI=1S/C13H16BrFN2O3/c1-4-17(3)13(20)16-12-7(2)11(10(19)6-18)9(15)5-8(12)14/h5,18H,4,6H2,1-3H3,(H,16,20). The molecule has 1 aromatic carbocycles. The number of nitrogens with zero attached hydrogens (tertiary/aromatic N) is 1. The Morgan fingerprint density at radius 3 is 2.60 bits per heavy atom. The largest absolute Gasteiger partial charge is 0.388 e. The third-order valence-corrected chi connectivity index (χ3v) is 3.58. The molecule has 2 N–H and O–H groups in total. The van der Waals surface area contributed by atoms with Crippen LogP contribution in [0.3, 0.4) is 0 Å². The molecule has 0 atom stereocenters. The molecule has 0 heterocycles. The summed E-state index contributed by atoms with van der Waals surface area (Å²) < 4.78 is 14.1. The molecule has 0 aliphatic heterocycles. The number of carbonyl (C=O) groups is 2. The van der Waals surface area contributed by atoms with Gasteiger partial charge in [0.1, 0.15) is 12.4 Å². The Labute approximate surface area is 124 Å². The van der Waals surface area contributed by atoms with E-state index in [0.29, 0.717) is 16.7 Å². The van der Waals surface area contributed by atoms with Crippen molar-refractivity contribution in [3.05, 3.63) is 27.5 Å². The summed E-state index contributed by atoms with van der Waals surface area (Å²) in [7, 11) is 1.61. The molecule has 0 fully saturated rings. The van der Waals surface area contributed by atoms with Crippen molar-refractivity contribution >= 4 is 33.4 Å². The molecule has 0 saturated carbocycles. The highest BCUT2D eigenvalue weighted by Gasteiger charge is 2.21. The van der Waals surface area contributed by atoms with Crippen LogP contribution >= 0.6 is 15.9 Å². The number of anilines is 1. The number of amides is 2. The maximum absolute atomic E-state index is 13.8. The maximum atomic E-state index is 13.8. The number of ketones is 1. The van der Waals surface area contributed by atoms with Crippen LogP contribution in [0.5, 0.6) is 0 Å². The van der Waals surface area contributed by atoms with E-state index in [1.54, 1.807) is 7.05 Å². The summed E-state index contributed by atoms with van der Waals surface area (Å²) in [5, 5.41) is 11.5. The van der Waals surface area contributed by atoms with Crippen LogP contribution in [0.4, 0.5) is 14.9 Å². The lowest BCUT2D eigenvalue weighted by atomic mass is 10.0. The van der Waals surface area contributed by atoms with E-state index in [1.165, 1.54) is 11.8 Å². The average Bonchev–Trinajstić information content (AvgIpc) is 2.41. The Balaban J connectivity index is 3.27. The van der Waals surface area contributed by atoms with Gasteiger partial charge in [-0.3, -0.25) is 4.79 Å². The van der Waals surface area contributed by atoms with Gasteiger partial charge >= 0.3 is 6.03 Å². The average molecular weight is 347 g/mol. The predicted octanol–water partition coefficient (Wildman–Crippen LogP) is 2.56. The van der Waals surface area contributed by atoms with Crippen molar-refractivity contribution in [2.75, 3.05) is 25.5 Å². The van der Waals surface area contributed by atoms with E-state index in [2.05, 4.69) is 21.2 Å². The third-order valence-electron chi connectivity index (χ3n) is 2.96. The molecule has 0 saturated heterocycles. The predicted molar refractivity (Wildman–Crippen MR) is 77.6 cm³/mol. The second-order valence-corrected chi connectivity index (χ2v) is 5.10. The molecular formula is C13H16BrFN2O3. The van der Waals surface area contributed by atoms with Crippen molar-refractivity contribution in [2.45, 2.75) is 13.8 Å². The number of aliphatic hydroxyl groups excluding tert-OH is 1. The van der Waals surface area contributed by atoms with Crippen molar-refractivity contribution in [1.29, 1.82) is 0 Å². The maximum Gasteiger partial charge on any atom is 0.321 e. The minimum atomic E-state index is -0.790. The number of hydrogen-bond acceptors (Lipinski definition) is 3. The number of carbonyl (C=O) groups excluding carboxylic acids is 2. The summed E-state index contributed by atoms with van der Waals surface area (Å²) in [6, 6.07) is 0.725. The van der Waals surface area contributed by atoms with Gasteiger partial charge in [-0.1, -0.05) is 0 Å². The second-order valence-electron chi connectivity index (χ2n) is 4.24. The molecule has 0 spiro atoms. The molecule has 0 radical (unpaired) electrons. The molecule has 0 aliphatic carbocycles. The zero-order valence-corrected chi connectivity index (χ0v) is 13.0. The van der Waals surface area contributed by atoms with Crippen molar-refractivity contribution in [3.63, 3.8) is 0 Å². The summed E-state index contributed by atoms with van der Waals surface area (Å²) in [6.07, 6.45) is 0. The van der Waals surface area contributed by atoms with Gasteiger partial charge in [-0.05, 0) is 41.4 Å². The molecule has 0 unspecified atom stereocenters. The molecule has 1 aromatic rings. The molecule has 0 aliphatic rings. The summed E-state index contributed by atoms with van der Waals surface area (Å²) in [6.45, 7) is 3.04. The van der Waals surface area contributed by atoms with E-state index in [1.807, 2.05) is 6.92 Å². The molecule has 20 heavy (non-hydrogen) atoms. The van der Waals surface area contributed by atoms with Gasteiger partial charge in [0.15, 0.2) is 5.78 Å². The molecule has 0 aromatic heterocycles. The molecule has 5 nitrogen and oxygen atoms in total. The van der Waals surface area contributed by atoms with Crippen LogP contribution in [-0.4, -0.2) is 42.0 Å². The zero-order chi connectivity index (χ0) is 15.4. The molecule has 1 rings (SSSR count). The summed E-state index contributed by atoms with van der Waals surface area (Å²) in [5.74, 6) is -1.47. The lowest BCUT2D eigenvalue weighted by Gasteiger charge is -2.19. The lowest BCUT2D eigenvalue weighted by Crippen LogP contribution is -2.31. The topological polar surface area (TPSA) is 69.6 Å². The van der Waals surface area contributed by atoms with E-state index in [9.17, 15) is 14.0 Å². The monoisotopic (exact) mass is 346 g/mol. The van der Waals surface area contributed by atoms with E-state index in [4.69, 9.17) is 5.11 Å². The highest BCUT2D eigenvalue weighted by molar-refractivity contribution is 9.10. The highest BCUT2D eigenvalue weighted by atomic mass is 79.9. The third kappa shape index (κ3) is 3.34. The smallest absolute Gasteiger partial charge is 0.321 e. The van der Waals surface area contributed by atoms with Crippen LogP contribution in [0.15, 0.2) is 10.5 Å². The van der Waals surface area contributed by atoms with Gasteiger partial charge in [-0.25, -0.2) is 9.18 Å². The second kappa shape index (κ2) is 6.81. The minimum absolute atomic E-state index is 0.217. The van der Waals surface area contributed by atoms with Crippen LogP contribution in [0.1, 0.15) is 22.8 Å². The Kier molecular flexibility index (Phi) is 5.64. The minimum Gasteiger partial charge on any atom is -0.388 e. The van der Waals surface area contributed by atoms with Crippen LogP contribution in [0.2, 0.25) is 0 Å². The fraction of sp³-hybridized carbons (Fsp3) is 0.385. The van der Waals surface area contributed by atoms with Crippen LogP contribution < -0.4 is 5.32 Å². The molecule has 7 heteroatoms. The first-order valence-corrected chi connectivity index (χ1v) is 6.77. The van der Waals surface area contributed by atoms with Crippen LogP contribution in [-0.2, 0) is 0 Å². The van der Waals surface area contributed by atoms with Crippen LogP contribution in [0, 0.1) is 12.7 Å². The SMILES string of the molecule is CCN(C)C(=O)Nc1c(Br)cc(F)c(C(=O)CO)c1C. The Bertz CT molecular complexity index is 549. The Morgan fingerprint density at radius 2 is 2.10 bits per heavy atom. The normalized spacial score (nSPS) is 10.3. The van der Waals surface area contributed by atoms with E-state index in [-0.39, 0.29) is 17.2 Å².